The van der Waals surface area contributed by atoms with Gasteiger partial charge in [0.15, 0.2) is 11.6 Å². The van der Waals surface area contributed by atoms with Gasteiger partial charge in [-0.25, -0.2) is 15.0 Å². The van der Waals surface area contributed by atoms with Gasteiger partial charge in [0.05, 0.1) is 0 Å². The van der Waals surface area contributed by atoms with Crippen molar-refractivity contribution in [1.82, 2.24) is 15.0 Å². The van der Waals surface area contributed by atoms with Crippen molar-refractivity contribution < 1.29 is 9.47 Å². The second kappa shape index (κ2) is 4.74. The molecule has 66 valence electrons. The largest absolute Gasteiger partial charge is 0.377 e. The Hall–Kier alpha value is -1.07. The number of hydrogen-bond acceptors (Lipinski definition) is 5. The Labute approximate surface area is 70.8 Å². The van der Waals surface area contributed by atoms with Gasteiger partial charge in [0.2, 0.25) is 0 Å². The van der Waals surface area contributed by atoms with Crippen molar-refractivity contribution in [2.24, 2.45) is 0 Å². The fourth-order valence-electron chi connectivity index (χ4n) is 0.766. The topological polar surface area (TPSA) is 57.1 Å². The molecule has 0 aliphatic carbocycles. The van der Waals surface area contributed by atoms with Gasteiger partial charge in [-0.15, -0.1) is 0 Å². The molecule has 0 fully saturated rings. The maximum Gasteiger partial charge on any atom is 0.158 e. The van der Waals surface area contributed by atoms with Crippen molar-refractivity contribution in [1.29, 1.82) is 0 Å². The average molecular weight is 169 g/mol. The lowest BCUT2D eigenvalue weighted by Crippen LogP contribution is -2.03. The maximum absolute atomic E-state index is 4.87. The molecule has 0 N–H and O–H groups in total. The van der Waals surface area contributed by atoms with Crippen molar-refractivity contribution in [3.05, 3.63) is 18.0 Å². The zero-order valence-corrected chi connectivity index (χ0v) is 7.15. The van der Waals surface area contributed by atoms with Gasteiger partial charge in [0.1, 0.15) is 19.5 Å². The van der Waals surface area contributed by atoms with E-state index in [1.807, 2.05) is 0 Å². The minimum atomic E-state index is 0.402. The molecule has 0 bridgehead atoms. The summed E-state index contributed by atoms with van der Waals surface area (Å²) in [7, 11) is 3.19. The van der Waals surface area contributed by atoms with E-state index in [0.29, 0.717) is 24.9 Å². The van der Waals surface area contributed by atoms with E-state index < -0.39 is 0 Å². The lowest BCUT2D eigenvalue weighted by Gasteiger charge is -1.99. The summed E-state index contributed by atoms with van der Waals surface area (Å²) in [5.74, 6) is 1.25. The van der Waals surface area contributed by atoms with E-state index in [4.69, 9.17) is 9.47 Å². The van der Waals surface area contributed by atoms with Crippen LogP contribution in [0.2, 0.25) is 0 Å². The smallest absolute Gasteiger partial charge is 0.158 e. The molecular weight excluding hydrogens is 158 g/mol. The lowest BCUT2D eigenvalue weighted by molar-refractivity contribution is 0.167. The van der Waals surface area contributed by atoms with Crippen LogP contribution < -0.4 is 0 Å². The van der Waals surface area contributed by atoms with Crippen molar-refractivity contribution in [2.45, 2.75) is 13.2 Å². The second-order valence-electron chi connectivity index (χ2n) is 2.18. The van der Waals surface area contributed by atoms with Gasteiger partial charge in [-0.05, 0) is 0 Å². The third kappa shape index (κ3) is 2.52. The van der Waals surface area contributed by atoms with Crippen molar-refractivity contribution in [3.63, 3.8) is 0 Å². The molecule has 0 radical (unpaired) electrons. The van der Waals surface area contributed by atoms with Crippen LogP contribution in [0.15, 0.2) is 6.33 Å². The molecule has 0 atom stereocenters. The summed E-state index contributed by atoms with van der Waals surface area (Å²) >= 11 is 0. The number of nitrogens with zero attached hydrogens (tertiary/aromatic N) is 3. The van der Waals surface area contributed by atoms with E-state index in [9.17, 15) is 0 Å². The molecule has 12 heavy (non-hydrogen) atoms. The summed E-state index contributed by atoms with van der Waals surface area (Å²) in [4.78, 5) is 11.9. The highest BCUT2D eigenvalue weighted by atomic mass is 16.5. The van der Waals surface area contributed by atoms with Crippen molar-refractivity contribution in [3.8, 4) is 0 Å². The van der Waals surface area contributed by atoms with Crippen molar-refractivity contribution in [2.75, 3.05) is 14.2 Å². The summed E-state index contributed by atoms with van der Waals surface area (Å²) in [5.41, 5.74) is 0. The van der Waals surface area contributed by atoms with E-state index in [0.717, 1.165) is 0 Å². The number of ether oxygens (including phenoxy) is 2. The van der Waals surface area contributed by atoms with Gasteiger partial charge in [-0.2, -0.15) is 0 Å². The molecule has 5 heteroatoms. The van der Waals surface area contributed by atoms with Crippen LogP contribution in [0.5, 0.6) is 0 Å². The van der Waals surface area contributed by atoms with Gasteiger partial charge in [0.25, 0.3) is 0 Å². The molecule has 0 spiro atoms. The summed E-state index contributed by atoms with van der Waals surface area (Å²) in [6.07, 6.45) is 1.45. The molecule has 5 nitrogen and oxygen atoms in total. The Kier molecular flexibility index (Phi) is 3.56. The summed E-state index contributed by atoms with van der Waals surface area (Å²) in [6.45, 7) is 0.804. The maximum atomic E-state index is 4.87. The Morgan fingerprint density at radius 3 is 2.00 bits per heavy atom. The Morgan fingerprint density at radius 1 is 1.08 bits per heavy atom. The third-order valence-electron chi connectivity index (χ3n) is 1.22. The normalized spacial score (nSPS) is 10.2. The van der Waals surface area contributed by atoms with Crippen LogP contribution in [0, 0.1) is 0 Å². The quantitative estimate of drug-likeness (QED) is 0.642. The highest BCUT2D eigenvalue weighted by Gasteiger charge is 1.98. The number of methoxy groups -OCH3 is 2. The molecule has 0 aliphatic heterocycles. The lowest BCUT2D eigenvalue weighted by atomic mass is 10.6. The zero-order valence-electron chi connectivity index (χ0n) is 7.15. The fraction of sp³-hybridized carbons (Fsp3) is 0.571. The van der Waals surface area contributed by atoms with Gasteiger partial charge in [-0.1, -0.05) is 0 Å². The third-order valence-corrected chi connectivity index (χ3v) is 1.22. The van der Waals surface area contributed by atoms with E-state index in [-0.39, 0.29) is 0 Å². The number of aromatic nitrogens is 3. The molecular formula is C7H11N3O2. The molecule has 0 aliphatic rings. The van der Waals surface area contributed by atoms with Crippen LogP contribution in [-0.4, -0.2) is 29.2 Å². The van der Waals surface area contributed by atoms with Crippen LogP contribution in [0.1, 0.15) is 11.6 Å². The second-order valence-corrected chi connectivity index (χ2v) is 2.18. The SMILES string of the molecule is COCc1ncnc(COC)n1. The molecule has 1 aromatic heterocycles. The van der Waals surface area contributed by atoms with E-state index in [1.54, 1.807) is 14.2 Å². The number of rotatable bonds is 4. The Balaban J connectivity index is 2.67. The fourth-order valence-corrected chi connectivity index (χ4v) is 0.766. The van der Waals surface area contributed by atoms with Crippen LogP contribution in [0.3, 0.4) is 0 Å². The minimum Gasteiger partial charge on any atom is -0.377 e. The minimum absolute atomic E-state index is 0.402. The molecule has 0 amide bonds. The highest BCUT2D eigenvalue weighted by molar-refractivity contribution is 4.87. The van der Waals surface area contributed by atoms with E-state index >= 15 is 0 Å². The van der Waals surface area contributed by atoms with Crippen molar-refractivity contribution >= 4 is 0 Å². The first-order valence-electron chi connectivity index (χ1n) is 3.51. The van der Waals surface area contributed by atoms with Crippen LogP contribution >= 0.6 is 0 Å². The summed E-state index contributed by atoms with van der Waals surface area (Å²) in [6, 6.07) is 0. The zero-order chi connectivity index (χ0) is 8.81. The van der Waals surface area contributed by atoms with Gasteiger partial charge < -0.3 is 9.47 Å². The van der Waals surface area contributed by atoms with Gasteiger partial charge >= 0.3 is 0 Å². The molecule has 1 heterocycles. The first-order valence-corrected chi connectivity index (χ1v) is 3.51. The van der Waals surface area contributed by atoms with Gasteiger partial charge in [0, 0.05) is 14.2 Å². The Bertz CT molecular complexity index is 221. The predicted octanol–water partition coefficient (Wildman–Crippen LogP) is 0.164. The molecule has 1 rings (SSSR count). The molecule has 0 unspecified atom stereocenters. The average Bonchev–Trinajstić information content (AvgIpc) is 2.06. The molecule has 0 aromatic carbocycles. The first kappa shape index (κ1) is 9.02. The van der Waals surface area contributed by atoms with E-state index in [1.165, 1.54) is 6.33 Å². The summed E-state index contributed by atoms with van der Waals surface area (Å²) in [5, 5.41) is 0. The standard InChI is InChI=1S/C7H11N3O2/c1-11-3-6-8-5-9-7(10-6)4-12-2/h5H,3-4H2,1-2H3. The van der Waals surface area contributed by atoms with E-state index in [2.05, 4.69) is 15.0 Å². The number of hydrogen-bond donors (Lipinski definition) is 0. The molecule has 0 saturated carbocycles. The van der Waals surface area contributed by atoms with Gasteiger partial charge in [-0.3, -0.25) is 0 Å². The first-order chi connectivity index (χ1) is 5.86. The predicted molar refractivity (Wildman–Crippen MR) is 41.3 cm³/mol. The Morgan fingerprint density at radius 2 is 1.58 bits per heavy atom. The highest BCUT2D eigenvalue weighted by Crippen LogP contribution is 1.94. The molecule has 1 aromatic rings. The monoisotopic (exact) mass is 169 g/mol. The van der Waals surface area contributed by atoms with Crippen LogP contribution in [-0.2, 0) is 22.7 Å². The van der Waals surface area contributed by atoms with Crippen LogP contribution in [0.25, 0.3) is 0 Å². The molecule has 0 saturated heterocycles. The summed E-state index contributed by atoms with van der Waals surface area (Å²) < 4.78 is 9.73. The van der Waals surface area contributed by atoms with Crippen LogP contribution in [0.4, 0.5) is 0 Å².